The topological polar surface area (TPSA) is 74.5 Å². The second-order valence-corrected chi connectivity index (χ2v) is 5.64. The summed E-state index contributed by atoms with van der Waals surface area (Å²) in [4.78, 5) is 12.5. The summed E-state index contributed by atoms with van der Waals surface area (Å²) in [6.45, 7) is 6.32. The zero-order valence-electron chi connectivity index (χ0n) is 10.4. The van der Waals surface area contributed by atoms with Gasteiger partial charge >= 0.3 is 0 Å². The minimum absolute atomic E-state index is 0.0108. The van der Waals surface area contributed by atoms with Gasteiger partial charge < -0.3 is 5.32 Å². The molecule has 0 amide bonds. The first-order chi connectivity index (χ1) is 8.50. The third-order valence-corrected chi connectivity index (χ3v) is 3.06. The van der Waals surface area contributed by atoms with Crippen LogP contribution in [0, 0.1) is 11.3 Å². The number of anilines is 2. The number of aromatic nitrogens is 3. The highest BCUT2D eigenvalue weighted by Crippen LogP contribution is 2.28. The SMILES string of the molecule is CC(C)(C)c1csc(Nc2nccnc2C#N)n1. The molecule has 0 unspecified atom stereocenters. The third kappa shape index (κ3) is 2.63. The van der Waals surface area contributed by atoms with Gasteiger partial charge in [-0.05, 0) is 0 Å². The van der Waals surface area contributed by atoms with Gasteiger partial charge in [0.1, 0.15) is 6.07 Å². The van der Waals surface area contributed by atoms with E-state index < -0.39 is 0 Å². The fourth-order valence-electron chi connectivity index (χ4n) is 1.29. The Kier molecular flexibility index (Phi) is 3.26. The monoisotopic (exact) mass is 259 g/mol. The first kappa shape index (κ1) is 12.5. The summed E-state index contributed by atoms with van der Waals surface area (Å²) in [5.41, 5.74) is 1.29. The number of nitrogens with one attached hydrogen (secondary N) is 1. The van der Waals surface area contributed by atoms with Gasteiger partial charge in [0.25, 0.3) is 0 Å². The van der Waals surface area contributed by atoms with Crippen molar-refractivity contribution in [3.63, 3.8) is 0 Å². The lowest BCUT2D eigenvalue weighted by Gasteiger charge is -2.14. The summed E-state index contributed by atoms with van der Waals surface area (Å²) >= 11 is 1.49. The van der Waals surface area contributed by atoms with Crippen LogP contribution in [0.3, 0.4) is 0 Å². The molecule has 0 aliphatic heterocycles. The Hall–Kier alpha value is -2.00. The van der Waals surface area contributed by atoms with Crippen molar-refractivity contribution in [2.45, 2.75) is 26.2 Å². The number of hydrogen-bond donors (Lipinski definition) is 1. The molecule has 0 aliphatic carbocycles. The minimum atomic E-state index is 0.0108. The van der Waals surface area contributed by atoms with Crippen molar-refractivity contribution in [3.05, 3.63) is 29.2 Å². The van der Waals surface area contributed by atoms with Gasteiger partial charge in [-0.1, -0.05) is 20.8 Å². The lowest BCUT2D eigenvalue weighted by Crippen LogP contribution is -2.11. The first-order valence-electron chi connectivity index (χ1n) is 5.45. The number of nitrogens with zero attached hydrogens (tertiary/aromatic N) is 4. The summed E-state index contributed by atoms with van der Waals surface area (Å²) in [6, 6.07) is 1.99. The maximum atomic E-state index is 8.92. The van der Waals surface area contributed by atoms with E-state index in [0.29, 0.717) is 5.82 Å². The van der Waals surface area contributed by atoms with Crippen molar-refractivity contribution in [3.8, 4) is 6.07 Å². The molecule has 1 N–H and O–H groups in total. The standard InChI is InChI=1S/C12H13N5S/c1-12(2,3)9-7-18-11(16-9)17-10-8(6-13)14-4-5-15-10/h4-5,7H,1-3H3,(H,15,16,17). The van der Waals surface area contributed by atoms with Crippen molar-refractivity contribution in [2.75, 3.05) is 5.32 Å². The van der Waals surface area contributed by atoms with Crippen molar-refractivity contribution >= 4 is 22.3 Å². The fraction of sp³-hybridized carbons (Fsp3) is 0.333. The Balaban J connectivity index is 2.25. The molecule has 92 valence electrons. The Morgan fingerprint density at radius 2 is 2.00 bits per heavy atom. The smallest absolute Gasteiger partial charge is 0.188 e. The molecule has 0 spiro atoms. The van der Waals surface area contributed by atoms with Crippen LogP contribution in [-0.4, -0.2) is 15.0 Å². The van der Waals surface area contributed by atoms with Crippen LogP contribution in [0.15, 0.2) is 17.8 Å². The first-order valence-corrected chi connectivity index (χ1v) is 6.33. The van der Waals surface area contributed by atoms with Crippen LogP contribution in [0.4, 0.5) is 10.9 Å². The molecule has 2 rings (SSSR count). The molecular weight excluding hydrogens is 246 g/mol. The molecule has 0 aromatic carbocycles. The highest BCUT2D eigenvalue weighted by Gasteiger charge is 2.18. The average Bonchev–Trinajstić information content (AvgIpc) is 2.78. The van der Waals surface area contributed by atoms with Gasteiger partial charge in [0.2, 0.25) is 0 Å². The van der Waals surface area contributed by atoms with E-state index in [1.165, 1.54) is 17.5 Å². The van der Waals surface area contributed by atoms with E-state index in [1.54, 1.807) is 6.20 Å². The maximum Gasteiger partial charge on any atom is 0.188 e. The molecule has 0 saturated heterocycles. The predicted molar refractivity (Wildman–Crippen MR) is 70.8 cm³/mol. The molecule has 5 nitrogen and oxygen atoms in total. The van der Waals surface area contributed by atoms with Crippen LogP contribution in [0.5, 0.6) is 0 Å². The van der Waals surface area contributed by atoms with Crippen molar-refractivity contribution in [1.29, 1.82) is 5.26 Å². The minimum Gasteiger partial charge on any atom is -0.314 e. The second-order valence-electron chi connectivity index (χ2n) is 4.78. The summed E-state index contributed by atoms with van der Waals surface area (Å²) < 4.78 is 0. The molecule has 0 fully saturated rings. The zero-order valence-corrected chi connectivity index (χ0v) is 11.2. The number of hydrogen-bond acceptors (Lipinski definition) is 6. The van der Waals surface area contributed by atoms with Crippen molar-refractivity contribution in [1.82, 2.24) is 15.0 Å². The Labute approximate surface area is 110 Å². The van der Waals surface area contributed by atoms with Crippen LogP contribution in [0.2, 0.25) is 0 Å². The van der Waals surface area contributed by atoms with Gasteiger partial charge in [-0.15, -0.1) is 11.3 Å². The van der Waals surface area contributed by atoms with Gasteiger partial charge in [-0.25, -0.2) is 15.0 Å². The van der Waals surface area contributed by atoms with Gasteiger partial charge in [0, 0.05) is 23.2 Å². The van der Waals surface area contributed by atoms with E-state index >= 15 is 0 Å². The van der Waals surface area contributed by atoms with E-state index in [1.807, 2.05) is 11.4 Å². The van der Waals surface area contributed by atoms with Crippen LogP contribution in [-0.2, 0) is 5.41 Å². The van der Waals surface area contributed by atoms with E-state index in [0.717, 1.165) is 10.8 Å². The average molecular weight is 259 g/mol. The van der Waals surface area contributed by atoms with Gasteiger partial charge in [-0.3, -0.25) is 0 Å². The molecule has 2 aromatic rings. The number of thiazole rings is 1. The van der Waals surface area contributed by atoms with Gasteiger partial charge in [-0.2, -0.15) is 5.26 Å². The molecule has 2 aromatic heterocycles. The quantitative estimate of drug-likeness (QED) is 0.897. The van der Waals surface area contributed by atoms with Crippen LogP contribution in [0.1, 0.15) is 32.2 Å². The molecule has 0 aliphatic rings. The molecule has 6 heteroatoms. The lowest BCUT2D eigenvalue weighted by atomic mass is 9.93. The summed E-state index contributed by atoms with van der Waals surface area (Å²) in [7, 11) is 0. The fourth-order valence-corrected chi connectivity index (χ4v) is 2.22. The Morgan fingerprint density at radius 3 is 2.61 bits per heavy atom. The molecule has 0 saturated carbocycles. The molecule has 2 heterocycles. The summed E-state index contributed by atoms with van der Waals surface area (Å²) in [6.07, 6.45) is 3.04. The van der Waals surface area contributed by atoms with Gasteiger partial charge in [0.15, 0.2) is 16.6 Å². The number of rotatable bonds is 2. The second kappa shape index (κ2) is 4.70. The van der Waals surface area contributed by atoms with Crippen LogP contribution in [0.25, 0.3) is 0 Å². The maximum absolute atomic E-state index is 8.92. The largest absolute Gasteiger partial charge is 0.314 e. The molecule has 0 bridgehead atoms. The lowest BCUT2D eigenvalue weighted by molar-refractivity contribution is 0.573. The van der Waals surface area contributed by atoms with E-state index in [4.69, 9.17) is 5.26 Å². The Bertz CT molecular complexity index is 591. The van der Waals surface area contributed by atoms with E-state index in [2.05, 4.69) is 41.0 Å². The molecule has 0 atom stereocenters. The molecule has 18 heavy (non-hydrogen) atoms. The zero-order chi connectivity index (χ0) is 13.2. The summed E-state index contributed by atoms with van der Waals surface area (Å²) in [5, 5.41) is 14.7. The van der Waals surface area contributed by atoms with Crippen molar-refractivity contribution < 1.29 is 0 Å². The Morgan fingerprint density at radius 1 is 1.28 bits per heavy atom. The third-order valence-electron chi connectivity index (χ3n) is 2.30. The molecular formula is C12H13N5S. The van der Waals surface area contributed by atoms with Gasteiger partial charge in [0.05, 0.1) is 5.69 Å². The van der Waals surface area contributed by atoms with Crippen LogP contribution >= 0.6 is 11.3 Å². The van der Waals surface area contributed by atoms with E-state index in [9.17, 15) is 0 Å². The van der Waals surface area contributed by atoms with E-state index in [-0.39, 0.29) is 11.1 Å². The normalized spacial score (nSPS) is 11.0. The van der Waals surface area contributed by atoms with Crippen LogP contribution < -0.4 is 5.32 Å². The predicted octanol–water partition coefficient (Wildman–Crippen LogP) is 2.85. The van der Waals surface area contributed by atoms with Crippen molar-refractivity contribution in [2.24, 2.45) is 0 Å². The highest BCUT2D eigenvalue weighted by molar-refractivity contribution is 7.13. The molecule has 0 radical (unpaired) electrons. The highest BCUT2D eigenvalue weighted by atomic mass is 32.1. The number of nitriles is 1. The summed E-state index contributed by atoms with van der Waals surface area (Å²) in [5.74, 6) is 0.440.